The highest BCUT2D eigenvalue weighted by Gasteiger charge is 2.78. The summed E-state index contributed by atoms with van der Waals surface area (Å²) < 4.78 is 69.6. The molecule has 3 aliphatic carbocycles. The Labute approximate surface area is 256 Å². The van der Waals surface area contributed by atoms with Crippen LogP contribution in [0, 0.1) is 69.5 Å². The van der Waals surface area contributed by atoms with E-state index >= 15 is 0 Å². The van der Waals surface area contributed by atoms with Crippen molar-refractivity contribution in [3.05, 3.63) is 63.5 Å². The molecular weight excluding hydrogens is 621 g/mol. The molecule has 2 saturated carbocycles. The number of aromatic hydroxyl groups is 1. The molecule has 0 radical (unpaired) electrons. The van der Waals surface area contributed by atoms with Gasteiger partial charge >= 0.3 is 0 Å². The second-order valence-corrected chi connectivity index (χ2v) is 11.8. The summed E-state index contributed by atoms with van der Waals surface area (Å²) in [6.07, 6.45) is -1.33. The fraction of sp³-hybridized carbons (Fsp3) is 0.333. The lowest BCUT2D eigenvalue weighted by Crippen LogP contribution is -2.85. The molecule has 2 fully saturated rings. The highest BCUT2D eigenvalue weighted by atomic mass is 19.2. The number of nitrogens with two attached hydrogens (primary N) is 3. The summed E-state index contributed by atoms with van der Waals surface area (Å²) in [6.45, 7) is 0. The minimum atomic E-state index is -2.98. The van der Waals surface area contributed by atoms with Crippen molar-refractivity contribution >= 4 is 29.0 Å². The Hall–Kier alpha value is -5.03. The molecule has 2 unspecified atom stereocenters. The number of carbonyl (C=O) groups is 5. The summed E-state index contributed by atoms with van der Waals surface area (Å²) in [7, 11) is 2.64. The monoisotopic (exact) mass is 643 g/mol. The van der Waals surface area contributed by atoms with Crippen molar-refractivity contribution in [3.8, 4) is 23.7 Å². The largest absolute Gasteiger partial charge is 0.507 e. The van der Waals surface area contributed by atoms with Gasteiger partial charge in [-0.25, -0.2) is 22.0 Å². The Morgan fingerprint density at radius 2 is 1.52 bits per heavy atom. The van der Waals surface area contributed by atoms with Crippen molar-refractivity contribution in [3.63, 3.8) is 0 Å². The predicted molar refractivity (Wildman–Crippen MR) is 144 cm³/mol. The number of nitriles is 1. The van der Waals surface area contributed by atoms with Gasteiger partial charge < -0.3 is 22.3 Å². The molecule has 6 atom stereocenters. The maximum absolute atomic E-state index is 14.3. The van der Waals surface area contributed by atoms with E-state index in [9.17, 15) is 56.3 Å². The number of nitrogens with zero attached hydrogens (tertiary/aromatic N) is 2. The summed E-state index contributed by atoms with van der Waals surface area (Å²) in [5, 5.41) is 21.0. The van der Waals surface area contributed by atoms with Gasteiger partial charge in [0.05, 0.1) is 23.2 Å². The Balaban J connectivity index is 1.74. The molecule has 46 heavy (non-hydrogen) atoms. The van der Waals surface area contributed by atoms with E-state index in [1.165, 1.54) is 19.0 Å². The van der Waals surface area contributed by atoms with Gasteiger partial charge in [0, 0.05) is 11.1 Å². The number of rotatable bonds is 2. The highest BCUT2D eigenvalue weighted by molar-refractivity contribution is 6.33. The summed E-state index contributed by atoms with van der Waals surface area (Å²) >= 11 is 0. The molecule has 0 spiro atoms. The normalized spacial score (nSPS) is 30.2. The first-order valence-electron chi connectivity index (χ1n) is 13.3. The molecule has 238 valence electrons. The topological polar surface area (TPSA) is 211 Å². The zero-order valence-corrected chi connectivity index (χ0v) is 23.8. The standard InChI is InChI=1S/C30H22F5N5O6/c1-40(2)24-23(43)15(27(37)46)25(44)29(9-36)26(45)16-22(42)14-12(7-28(16,38)8-30(24,29)39)10(4-6-13(14)41)3-5-11-17(31)19(33)21(35)20(34)18(11)32/h4,6,15-16,24,41H,7-8,38-39H2,1-2H3,(H2,37,46)/t15?,16?,24-,28-,29+,30-/m1/s1. The smallest absolute Gasteiger partial charge is 0.235 e. The number of phenolic OH excluding ortho intramolecular Hbond substituents is 1. The van der Waals surface area contributed by atoms with Gasteiger partial charge in [0.25, 0.3) is 0 Å². The highest BCUT2D eigenvalue weighted by Crippen LogP contribution is 2.56. The quantitative estimate of drug-likeness (QED) is 0.112. The lowest BCUT2D eigenvalue weighted by atomic mass is 9.42. The first-order valence-corrected chi connectivity index (χ1v) is 13.3. The summed E-state index contributed by atoms with van der Waals surface area (Å²) in [4.78, 5) is 68.9. The van der Waals surface area contributed by atoms with E-state index in [0.29, 0.717) is 0 Å². The van der Waals surface area contributed by atoms with Crippen LogP contribution in [0.4, 0.5) is 22.0 Å². The van der Waals surface area contributed by atoms with Crippen molar-refractivity contribution in [2.45, 2.75) is 30.0 Å². The van der Waals surface area contributed by atoms with Crippen LogP contribution in [0.25, 0.3) is 0 Å². The van der Waals surface area contributed by atoms with E-state index in [4.69, 9.17) is 17.2 Å². The van der Waals surface area contributed by atoms with E-state index < -0.39 is 122 Å². The first kappa shape index (κ1) is 32.4. The number of hydrogen-bond donors (Lipinski definition) is 4. The van der Waals surface area contributed by atoms with Gasteiger partial charge in [-0.1, -0.05) is 11.8 Å². The second kappa shape index (κ2) is 10.2. The van der Waals surface area contributed by atoms with Crippen LogP contribution in [0.2, 0.25) is 0 Å². The van der Waals surface area contributed by atoms with Crippen LogP contribution < -0.4 is 17.2 Å². The van der Waals surface area contributed by atoms with Crippen molar-refractivity contribution in [1.29, 1.82) is 5.26 Å². The Morgan fingerprint density at radius 1 is 0.957 bits per heavy atom. The molecule has 0 heterocycles. The van der Waals surface area contributed by atoms with Crippen LogP contribution in [0.1, 0.15) is 33.5 Å². The molecule has 2 aromatic carbocycles. The Bertz CT molecular complexity index is 1920. The molecule has 11 nitrogen and oxygen atoms in total. The second-order valence-electron chi connectivity index (χ2n) is 11.8. The molecule has 0 aliphatic heterocycles. The Kier molecular flexibility index (Phi) is 7.21. The van der Waals surface area contributed by atoms with Gasteiger partial charge in [0.2, 0.25) is 11.7 Å². The molecule has 5 rings (SSSR count). The number of ketones is 4. The van der Waals surface area contributed by atoms with E-state index in [0.717, 1.165) is 12.1 Å². The molecule has 16 heteroatoms. The van der Waals surface area contributed by atoms with Gasteiger partial charge in [0.15, 0.2) is 57.7 Å². The van der Waals surface area contributed by atoms with Crippen LogP contribution in [0.15, 0.2) is 12.1 Å². The number of primary amides is 1. The predicted octanol–water partition coefficient (Wildman–Crippen LogP) is -0.0962. The average molecular weight is 644 g/mol. The van der Waals surface area contributed by atoms with Gasteiger partial charge in [-0.05, 0) is 44.6 Å². The molecule has 1 amide bonds. The number of benzene rings is 2. The van der Waals surface area contributed by atoms with Crippen LogP contribution >= 0.6 is 0 Å². The maximum atomic E-state index is 14.3. The van der Waals surface area contributed by atoms with Crippen molar-refractivity contribution in [2.75, 3.05) is 14.1 Å². The third kappa shape index (κ3) is 3.90. The van der Waals surface area contributed by atoms with E-state index in [-0.39, 0.29) is 11.1 Å². The molecule has 0 saturated heterocycles. The number of phenols is 1. The van der Waals surface area contributed by atoms with Crippen LogP contribution in [-0.4, -0.2) is 70.3 Å². The average Bonchev–Trinajstić information content (AvgIpc) is 2.95. The zero-order chi connectivity index (χ0) is 34.4. The third-order valence-corrected chi connectivity index (χ3v) is 9.01. The number of hydrogen-bond acceptors (Lipinski definition) is 10. The molecular formula is C30H22F5N5O6. The third-order valence-electron chi connectivity index (χ3n) is 9.01. The number of amides is 1. The van der Waals surface area contributed by atoms with Crippen molar-refractivity contribution < 1.29 is 51.0 Å². The molecule has 3 aliphatic rings. The SMILES string of the molecule is CN(C)[C@@H]1C(=O)C(C(N)=O)C(=O)[C@@]2(C#N)C(=O)C3C(=O)c4c(O)ccc(C#Cc5c(F)c(F)c(F)c(F)c5F)c4C[C@@]3(N)C[C@@]12N. The van der Waals surface area contributed by atoms with E-state index in [2.05, 4.69) is 5.92 Å². The summed E-state index contributed by atoms with van der Waals surface area (Å²) in [6, 6.07) is 1.85. The van der Waals surface area contributed by atoms with Crippen molar-refractivity contribution in [1.82, 2.24) is 4.90 Å². The molecule has 2 aromatic rings. The minimum Gasteiger partial charge on any atom is -0.507 e. The molecule has 0 aromatic heterocycles. The van der Waals surface area contributed by atoms with E-state index in [1.54, 1.807) is 6.07 Å². The van der Waals surface area contributed by atoms with E-state index in [1.807, 2.05) is 5.92 Å². The fourth-order valence-corrected chi connectivity index (χ4v) is 7.17. The number of Topliss-reactive ketones (excluding diaryl/α,β-unsaturated/α-hetero) is 4. The van der Waals surface area contributed by atoms with Gasteiger partial charge in [0.1, 0.15) is 17.2 Å². The van der Waals surface area contributed by atoms with Gasteiger partial charge in [-0.2, -0.15) is 5.26 Å². The Morgan fingerprint density at radius 3 is 2.04 bits per heavy atom. The fourth-order valence-electron chi connectivity index (χ4n) is 7.17. The van der Waals surface area contributed by atoms with Crippen LogP contribution in [0.5, 0.6) is 5.75 Å². The molecule has 0 bridgehead atoms. The van der Waals surface area contributed by atoms with Gasteiger partial charge in [-0.15, -0.1) is 0 Å². The van der Waals surface area contributed by atoms with Crippen LogP contribution in [0.3, 0.4) is 0 Å². The summed E-state index contributed by atoms with van der Waals surface area (Å²) in [5.41, 5.74) is 8.61. The number of fused-ring (bicyclic) bond motifs is 3. The van der Waals surface area contributed by atoms with Crippen molar-refractivity contribution in [2.24, 2.45) is 34.5 Å². The number of carbonyl (C=O) groups excluding carboxylic acids is 5. The zero-order valence-electron chi connectivity index (χ0n) is 23.8. The summed E-state index contributed by atoms with van der Waals surface area (Å²) in [5.74, 6) is -19.1. The number of likely N-dealkylation sites (N-methyl/N-ethyl adjacent to an activating group) is 1. The first-order chi connectivity index (χ1) is 21.3. The molecule has 7 N–H and O–H groups in total. The maximum Gasteiger partial charge on any atom is 0.235 e. The lowest BCUT2D eigenvalue weighted by Gasteiger charge is -2.60. The minimum absolute atomic E-state index is 0.217. The number of halogens is 5. The van der Waals surface area contributed by atoms with Gasteiger partial charge in [-0.3, -0.25) is 28.9 Å². The van der Waals surface area contributed by atoms with Crippen LogP contribution in [-0.2, 0) is 25.6 Å². The lowest BCUT2D eigenvalue weighted by molar-refractivity contribution is -0.166.